The Hall–Kier alpha value is -1.09. The number of hydrogen-bond donors (Lipinski definition) is 0. The molecule has 1 aromatic rings. The van der Waals surface area contributed by atoms with E-state index in [9.17, 15) is 0 Å². The van der Waals surface area contributed by atoms with Gasteiger partial charge in [-0.3, -0.25) is 0 Å². The van der Waals surface area contributed by atoms with Crippen LogP contribution in [0.4, 0.5) is 0 Å². The third kappa shape index (κ3) is 4.35. The summed E-state index contributed by atoms with van der Waals surface area (Å²) >= 11 is 0. The predicted octanol–water partition coefficient (Wildman–Crippen LogP) is 2.58. The lowest BCUT2D eigenvalue weighted by Crippen LogP contribution is -2.34. The van der Waals surface area contributed by atoms with Crippen molar-refractivity contribution in [3.05, 3.63) is 24.4 Å². The molecule has 0 bridgehead atoms. The molecule has 0 radical (unpaired) electrons. The zero-order chi connectivity index (χ0) is 11.9. The Balaban J connectivity index is 1.57. The van der Waals surface area contributed by atoms with E-state index in [0.717, 1.165) is 31.4 Å². The van der Waals surface area contributed by atoms with Crippen molar-refractivity contribution in [2.75, 3.05) is 26.2 Å². The minimum absolute atomic E-state index is 0.736. The molecule has 2 rings (SSSR count). The number of aromatic nitrogens is 1. The highest BCUT2D eigenvalue weighted by Crippen LogP contribution is 2.15. The molecule has 94 valence electrons. The number of pyridine rings is 1. The third-order valence-corrected chi connectivity index (χ3v) is 3.38. The summed E-state index contributed by atoms with van der Waals surface area (Å²) in [5.41, 5.74) is 0. The maximum absolute atomic E-state index is 5.58. The van der Waals surface area contributed by atoms with Crippen LogP contribution >= 0.6 is 0 Å². The number of rotatable bonds is 5. The maximum atomic E-state index is 5.58. The molecule has 3 heteroatoms. The topological polar surface area (TPSA) is 25.4 Å². The van der Waals surface area contributed by atoms with Crippen LogP contribution in [0, 0.1) is 5.92 Å². The van der Waals surface area contributed by atoms with Crippen LogP contribution < -0.4 is 4.74 Å². The van der Waals surface area contributed by atoms with Crippen LogP contribution in [0.3, 0.4) is 0 Å². The van der Waals surface area contributed by atoms with Crippen molar-refractivity contribution in [1.82, 2.24) is 9.88 Å². The average molecular weight is 234 g/mol. The van der Waals surface area contributed by atoms with E-state index in [1.165, 1.54) is 25.9 Å². The van der Waals surface area contributed by atoms with Gasteiger partial charge in [-0.05, 0) is 44.3 Å². The van der Waals surface area contributed by atoms with Crippen molar-refractivity contribution < 1.29 is 4.74 Å². The Bertz CT molecular complexity index is 307. The van der Waals surface area contributed by atoms with Crippen LogP contribution in [-0.2, 0) is 0 Å². The molecule has 1 aromatic heterocycles. The highest BCUT2D eigenvalue weighted by atomic mass is 16.5. The van der Waals surface area contributed by atoms with Gasteiger partial charge in [-0.15, -0.1) is 0 Å². The lowest BCUT2D eigenvalue weighted by atomic mass is 9.99. The molecule has 0 spiro atoms. The second kappa shape index (κ2) is 6.60. The van der Waals surface area contributed by atoms with E-state index < -0.39 is 0 Å². The Labute approximate surface area is 104 Å². The Morgan fingerprint density at radius 3 is 2.88 bits per heavy atom. The highest BCUT2D eigenvalue weighted by molar-refractivity contribution is 5.08. The first-order valence-electron chi connectivity index (χ1n) is 6.61. The fourth-order valence-electron chi connectivity index (χ4n) is 2.18. The van der Waals surface area contributed by atoms with Gasteiger partial charge in [-0.25, -0.2) is 4.98 Å². The lowest BCUT2D eigenvalue weighted by molar-refractivity contribution is 0.176. The van der Waals surface area contributed by atoms with E-state index in [4.69, 9.17) is 4.74 Å². The first kappa shape index (κ1) is 12.4. The molecule has 2 heterocycles. The molecule has 3 nitrogen and oxygen atoms in total. The molecule has 1 aliphatic rings. The van der Waals surface area contributed by atoms with Crippen molar-refractivity contribution in [2.45, 2.75) is 26.2 Å². The molecule has 0 aliphatic carbocycles. The molecule has 1 fully saturated rings. The zero-order valence-electron chi connectivity index (χ0n) is 10.6. The van der Waals surface area contributed by atoms with Crippen molar-refractivity contribution in [2.24, 2.45) is 5.92 Å². The van der Waals surface area contributed by atoms with Crippen LogP contribution in [-0.4, -0.2) is 36.1 Å². The molecule has 1 aliphatic heterocycles. The summed E-state index contributed by atoms with van der Waals surface area (Å²) in [4.78, 5) is 6.68. The van der Waals surface area contributed by atoms with Crippen molar-refractivity contribution in [1.29, 1.82) is 0 Å². The van der Waals surface area contributed by atoms with Gasteiger partial charge in [0, 0.05) is 18.8 Å². The summed E-state index contributed by atoms with van der Waals surface area (Å²) in [6.45, 7) is 6.78. The van der Waals surface area contributed by atoms with Gasteiger partial charge in [0.2, 0.25) is 5.88 Å². The monoisotopic (exact) mass is 234 g/mol. The quantitative estimate of drug-likeness (QED) is 0.732. The fourth-order valence-corrected chi connectivity index (χ4v) is 2.18. The summed E-state index contributed by atoms with van der Waals surface area (Å²) in [5.74, 6) is 1.65. The summed E-state index contributed by atoms with van der Waals surface area (Å²) in [6, 6.07) is 5.76. The third-order valence-electron chi connectivity index (χ3n) is 3.38. The van der Waals surface area contributed by atoms with Crippen LogP contribution in [0.25, 0.3) is 0 Å². The van der Waals surface area contributed by atoms with Gasteiger partial charge in [-0.1, -0.05) is 13.0 Å². The van der Waals surface area contributed by atoms with Crippen molar-refractivity contribution in [3.8, 4) is 5.88 Å². The van der Waals surface area contributed by atoms with Crippen LogP contribution in [0.1, 0.15) is 26.2 Å². The molecular formula is C14H22N2O. The van der Waals surface area contributed by atoms with E-state index in [1.54, 1.807) is 6.20 Å². The minimum atomic E-state index is 0.736. The maximum Gasteiger partial charge on any atom is 0.213 e. The first-order chi connectivity index (χ1) is 8.34. The second-order valence-electron chi connectivity index (χ2n) is 4.89. The van der Waals surface area contributed by atoms with Crippen molar-refractivity contribution >= 4 is 0 Å². The molecule has 0 saturated carbocycles. The number of nitrogens with zero attached hydrogens (tertiary/aromatic N) is 2. The molecule has 0 atom stereocenters. The molecule has 0 amide bonds. The molecule has 0 N–H and O–H groups in total. The van der Waals surface area contributed by atoms with Gasteiger partial charge >= 0.3 is 0 Å². The van der Waals surface area contributed by atoms with Gasteiger partial charge in [0.05, 0.1) is 6.61 Å². The van der Waals surface area contributed by atoms with Gasteiger partial charge in [0.1, 0.15) is 0 Å². The Morgan fingerprint density at radius 2 is 2.18 bits per heavy atom. The fraction of sp³-hybridized carbons (Fsp3) is 0.643. The molecule has 0 unspecified atom stereocenters. The summed E-state index contributed by atoms with van der Waals surface area (Å²) in [6.07, 6.45) is 5.55. The summed E-state index contributed by atoms with van der Waals surface area (Å²) in [5, 5.41) is 0. The predicted molar refractivity (Wildman–Crippen MR) is 69.2 cm³/mol. The first-order valence-corrected chi connectivity index (χ1v) is 6.61. The standard InChI is InChI=1S/C14H22N2O/c1-13-6-10-16(11-7-13)9-4-12-17-14-5-2-3-8-15-14/h2-3,5,8,13H,4,6-7,9-12H2,1H3. The van der Waals surface area contributed by atoms with E-state index >= 15 is 0 Å². The van der Waals surface area contributed by atoms with Gasteiger partial charge in [0.25, 0.3) is 0 Å². The van der Waals surface area contributed by atoms with E-state index in [1.807, 2.05) is 18.2 Å². The normalized spacial score (nSPS) is 18.2. The molecule has 1 saturated heterocycles. The summed E-state index contributed by atoms with van der Waals surface area (Å²) in [7, 11) is 0. The Morgan fingerprint density at radius 1 is 1.35 bits per heavy atom. The highest BCUT2D eigenvalue weighted by Gasteiger charge is 2.14. The average Bonchev–Trinajstić information content (AvgIpc) is 2.38. The molecule has 17 heavy (non-hydrogen) atoms. The number of hydrogen-bond acceptors (Lipinski definition) is 3. The smallest absolute Gasteiger partial charge is 0.213 e. The lowest BCUT2D eigenvalue weighted by Gasteiger charge is -2.29. The second-order valence-corrected chi connectivity index (χ2v) is 4.89. The SMILES string of the molecule is CC1CCN(CCCOc2ccccn2)CC1. The minimum Gasteiger partial charge on any atom is -0.478 e. The number of likely N-dealkylation sites (tertiary alicyclic amines) is 1. The number of ether oxygens (including phenoxy) is 1. The van der Waals surface area contributed by atoms with Crippen LogP contribution in [0.15, 0.2) is 24.4 Å². The zero-order valence-corrected chi connectivity index (χ0v) is 10.6. The molecule has 0 aromatic carbocycles. The summed E-state index contributed by atoms with van der Waals surface area (Å²) < 4.78 is 5.58. The largest absolute Gasteiger partial charge is 0.478 e. The van der Waals surface area contributed by atoms with E-state index in [2.05, 4.69) is 16.8 Å². The molecular weight excluding hydrogens is 212 g/mol. The Kier molecular flexibility index (Phi) is 4.80. The van der Waals surface area contributed by atoms with Crippen molar-refractivity contribution in [3.63, 3.8) is 0 Å². The van der Waals surface area contributed by atoms with Crippen LogP contribution in [0.2, 0.25) is 0 Å². The van der Waals surface area contributed by atoms with Crippen LogP contribution in [0.5, 0.6) is 5.88 Å². The van der Waals surface area contributed by atoms with Gasteiger partial charge < -0.3 is 9.64 Å². The van der Waals surface area contributed by atoms with E-state index in [0.29, 0.717) is 0 Å². The van der Waals surface area contributed by atoms with Gasteiger partial charge in [0.15, 0.2) is 0 Å². The van der Waals surface area contributed by atoms with Gasteiger partial charge in [-0.2, -0.15) is 0 Å². The number of piperidine rings is 1. The van der Waals surface area contributed by atoms with E-state index in [-0.39, 0.29) is 0 Å².